The molecule has 4 nitrogen and oxygen atoms in total. The number of rotatable bonds is 4. The number of piperidine rings is 1. The van der Waals surface area contributed by atoms with E-state index in [2.05, 4.69) is 22.6 Å². The maximum Gasteiger partial charge on any atom is 0.237 e. The number of carbonyl (C=O) groups excluding carboxylic acids is 1. The number of likely N-dealkylation sites (N-methyl/N-ethyl adjacent to an activating group) is 1. The lowest BCUT2D eigenvalue weighted by molar-refractivity contribution is -0.127. The van der Waals surface area contributed by atoms with E-state index in [1.54, 1.807) is 0 Å². The van der Waals surface area contributed by atoms with E-state index in [9.17, 15) is 4.79 Å². The highest BCUT2D eigenvalue weighted by atomic mass is 35.5. The van der Waals surface area contributed by atoms with E-state index in [0.29, 0.717) is 0 Å². The van der Waals surface area contributed by atoms with Crippen LogP contribution in [0.25, 0.3) is 0 Å². The second kappa shape index (κ2) is 8.08. The van der Waals surface area contributed by atoms with E-state index in [1.165, 1.54) is 12.8 Å². The molecular formula is C14H30ClN3O. The third-order valence-electron chi connectivity index (χ3n) is 3.54. The van der Waals surface area contributed by atoms with Crippen LogP contribution in [0.1, 0.15) is 40.5 Å². The van der Waals surface area contributed by atoms with Crippen LogP contribution in [-0.4, -0.2) is 49.1 Å². The smallest absolute Gasteiger partial charge is 0.237 e. The van der Waals surface area contributed by atoms with Gasteiger partial charge in [0.05, 0.1) is 6.04 Å². The molecule has 0 bridgehead atoms. The van der Waals surface area contributed by atoms with Crippen molar-refractivity contribution in [2.45, 2.75) is 52.1 Å². The van der Waals surface area contributed by atoms with E-state index in [4.69, 9.17) is 0 Å². The molecule has 1 heterocycles. The molecule has 0 aromatic rings. The van der Waals surface area contributed by atoms with Crippen molar-refractivity contribution in [1.29, 1.82) is 0 Å². The molecule has 19 heavy (non-hydrogen) atoms. The topological polar surface area (TPSA) is 44.4 Å². The molecule has 114 valence electrons. The quantitative estimate of drug-likeness (QED) is 0.828. The molecule has 0 saturated carbocycles. The Morgan fingerprint density at radius 1 is 1.37 bits per heavy atom. The Kier molecular flexibility index (Phi) is 7.94. The molecular weight excluding hydrogens is 262 g/mol. The summed E-state index contributed by atoms with van der Waals surface area (Å²) in [7, 11) is 2.05. The van der Waals surface area contributed by atoms with Crippen LogP contribution in [-0.2, 0) is 4.79 Å². The summed E-state index contributed by atoms with van der Waals surface area (Å²) in [6, 6.07) is -0.0564. The first kappa shape index (κ1) is 18.7. The molecule has 1 saturated heterocycles. The molecule has 0 aromatic heterocycles. The summed E-state index contributed by atoms with van der Waals surface area (Å²) >= 11 is 0. The number of nitrogens with one attached hydrogen (secondary N) is 2. The fourth-order valence-electron chi connectivity index (χ4n) is 2.30. The average Bonchev–Trinajstić information content (AvgIpc) is 2.27. The van der Waals surface area contributed by atoms with Gasteiger partial charge in [-0.05, 0) is 66.6 Å². The van der Waals surface area contributed by atoms with Crippen molar-refractivity contribution in [2.75, 3.05) is 26.7 Å². The van der Waals surface area contributed by atoms with Gasteiger partial charge in [-0.1, -0.05) is 0 Å². The fourth-order valence-corrected chi connectivity index (χ4v) is 2.30. The lowest BCUT2D eigenvalue weighted by Crippen LogP contribution is -2.51. The summed E-state index contributed by atoms with van der Waals surface area (Å²) in [6.07, 6.45) is 2.44. The highest BCUT2D eigenvalue weighted by Gasteiger charge is 2.24. The predicted octanol–water partition coefficient (Wildman–Crippen LogP) is 1.64. The van der Waals surface area contributed by atoms with Gasteiger partial charge in [-0.15, -0.1) is 12.4 Å². The van der Waals surface area contributed by atoms with Gasteiger partial charge in [0, 0.05) is 12.1 Å². The van der Waals surface area contributed by atoms with Crippen molar-refractivity contribution in [3.63, 3.8) is 0 Å². The molecule has 5 heteroatoms. The van der Waals surface area contributed by atoms with Crippen LogP contribution in [0.2, 0.25) is 0 Å². The largest absolute Gasteiger partial charge is 0.350 e. The van der Waals surface area contributed by atoms with Crippen molar-refractivity contribution in [3.05, 3.63) is 0 Å². The van der Waals surface area contributed by atoms with Crippen LogP contribution in [0.15, 0.2) is 0 Å². The third-order valence-corrected chi connectivity index (χ3v) is 3.54. The van der Waals surface area contributed by atoms with Crippen molar-refractivity contribution in [1.82, 2.24) is 15.5 Å². The highest BCUT2D eigenvalue weighted by Crippen LogP contribution is 2.14. The molecule has 1 unspecified atom stereocenters. The standard InChI is InChI=1S/C14H29N3O.ClH/c1-11(13(18)16-14(2,3)4)17(5)10-12-6-8-15-9-7-12;/h11-12,15H,6-10H2,1-5H3,(H,16,18);1H. The number of amides is 1. The summed E-state index contributed by atoms with van der Waals surface area (Å²) in [5.74, 6) is 0.847. The Morgan fingerprint density at radius 2 is 1.89 bits per heavy atom. The zero-order chi connectivity index (χ0) is 13.8. The Morgan fingerprint density at radius 3 is 2.37 bits per heavy atom. The lowest BCUT2D eigenvalue weighted by Gasteiger charge is -2.32. The summed E-state index contributed by atoms with van der Waals surface area (Å²) in [5.41, 5.74) is -0.152. The maximum atomic E-state index is 12.1. The Balaban J connectivity index is 0.00000324. The summed E-state index contributed by atoms with van der Waals surface area (Å²) < 4.78 is 0. The first-order valence-corrected chi connectivity index (χ1v) is 7.02. The Hall–Kier alpha value is -0.320. The van der Waals surface area contributed by atoms with Crippen molar-refractivity contribution < 1.29 is 4.79 Å². The molecule has 1 amide bonds. The van der Waals surface area contributed by atoms with Gasteiger partial charge in [-0.25, -0.2) is 0 Å². The van der Waals surface area contributed by atoms with Gasteiger partial charge in [0.25, 0.3) is 0 Å². The monoisotopic (exact) mass is 291 g/mol. The Labute approximate surface area is 124 Å². The van der Waals surface area contributed by atoms with Gasteiger partial charge in [-0.2, -0.15) is 0 Å². The summed E-state index contributed by atoms with van der Waals surface area (Å²) in [6.45, 7) is 11.3. The van der Waals surface area contributed by atoms with Crippen LogP contribution in [0, 0.1) is 5.92 Å². The Bertz CT molecular complexity index is 272. The van der Waals surface area contributed by atoms with E-state index in [0.717, 1.165) is 25.6 Å². The number of carbonyl (C=O) groups is 1. The number of hydrogen-bond donors (Lipinski definition) is 2. The van der Waals surface area contributed by atoms with E-state index >= 15 is 0 Å². The normalized spacial score (nSPS) is 18.8. The third kappa shape index (κ3) is 7.14. The second-order valence-corrected chi connectivity index (χ2v) is 6.55. The molecule has 1 fully saturated rings. The van der Waals surface area contributed by atoms with Crippen LogP contribution < -0.4 is 10.6 Å². The van der Waals surface area contributed by atoms with Gasteiger partial charge in [0.2, 0.25) is 5.91 Å². The molecule has 1 aliphatic rings. The van der Waals surface area contributed by atoms with E-state index in [-0.39, 0.29) is 29.9 Å². The first-order valence-electron chi connectivity index (χ1n) is 7.02. The van der Waals surface area contributed by atoms with Crippen molar-refractivity contribution in [3.8, 4) is 0 Å². The van der Waals surface area contributed by atoms with Crippen LogP contribution in [0.3, 0.4) is 0 Å². The minimum absolute atomic E-state index is 0. The van der Waals surface area contributed by atoms with Crippen molar-refractivity contribution >= 4 is 18.3 Å². The van der Waals surface area contributed by atoms with Gasteiger partial charge in [0.1, 0.15) is 0 Å². The van der Waals surface area contributed by atoms with Crippen LogP contribution >= 0.6 is 12.4 Å². The van der Waals surface area contributed by atoms with Gasteiger partial charge in [0.15, 0.2) is 0 Å². The lowest BCUT2D eigenvalue weighted by atomic mass is 9.97. The summed E-state index contributed by atoms with van der Waals surface area (Å²) in [4.78, 5) is 14.3. The first-order chi connectivity index (χ1) is 8.29. The molecule has 2 N–H and O–H groups in total. The molecule has 1 rings (SSSR count). The van der Waals surface area contributed by atoms with Gasteiger partial charge in [-0.3, -0.25) is 9.69 Å². The minimum atomic E-state index is -0.152. The minimum Gasteiger partial charge on any atom is -0.350 e. The van der Waals surface area contributed by atoms with Gasteiger partial charge < -0.3 is 10.6 Å². The maximum absolute atomic E-state index is 12.1. The van der Waals surface area contributed by atoms with Crippen molar-refractivity contribution in [2.24, 2.45) is 5.92 Å². The van der Waals surface area contributed by atoms with E-state index in [1.807, 2.05) is 27.7 Å². The molecule has 1 aliphatic heterocycles. The van der Waals surface area contributed by atoms with Crippen LogP contribution in [0.4, 0.5) is 0 Å². The molecule has 0 aliphatic carbocycles. The van der Waals surface area contributed by atoms with Gasteiger partial charge >= 0.3 is 0 Å². The predicted molar refractivity (Wildman–Crippen MR) is 82.8 cm³/mol. The number of halogens is 1. The van der Waals surface area contributed by atoms with E-state index < -0.39 is 0 Å². The molecule has 0 aromatic carbocycles. The molecule has 0 spiro atoms. The molecule has 0 radical (unpaired) electrons. The summed E-state index contributed by atoms with van der Waals surface area (Å²) in [5, 5.41) is 6.42. The molecule has 1 atom stereocenters. The fraction of sp³-hybridized carbons (Fsp3) is 0.929. The number of nitrogens with zero attached hydrogens (tertiary/aromatic N) is 1. The number of hydrogen-bond acceptors (Lipinski definition) is 3. The highest BCUT2D eigenvalue weighted by molar-refractivity contribution is 5.85. The second-order valence-electron chi connectivity index (χ2n) is 6.55. The zero-order valence-corrected chi connectivity index (χ0v) is 13.8. The average molecular weight is 292 g/mol. The zero-order valence-electron chi connectivity index (χ0n) is 13.0. The van der Waals surface area contributed by atoms with Crippen LogP contribution in [0.5, 0.6) is 0 Å². The SMILES string of the molecule is CC(C(=O)NC(C)(C)C)N(C)CC1CCNCC1.Cl.